The molecule has 1 amide bonds. The monoisotopic (exact) mass is 447 g/mol. The van der Waals surface area contributed by atoms with E-state index in [2.05, 4.69) is 20.3 Å². The highest BCUT2D eigenvalue weighted by Crippen LogP contribution is 2.23. The molecule has 0 unspecified atom stereocenters. The van der Waals surface area contributed by atoms with Crippen LogP contribution in [0.2, 0.25) is 5.02 Å². The number of nitrogens with one attached hydrogen (secondary N) is 1. The second-order valence-corrected chi connectivity index (χ2v) is 7.29. The van der Waals surface area contributed by atoms with Gasteiger partial charge in [0.25, 0.3) is 5.91 Å². The van der Waals surface area contributed by atoms with Crippen LogP contribution in [0.25, 0.3) is 0 Å². The number of carbonyl (C=O) groups is 2. The first-order chi connectivity index (χ1) is 14.4. The van der Waals surface area contributed by atoms with Crippen LogP contribution in [0.5, 0.6) is 5.75 Å². The fourth-order valence-electron chi connectivity index (χ4n) is 2.27. The fourth-order valence-corrected chi connectivity index (χ4v) is 3.21. The highest BCUT2D eigenvalue weighted by molar-refractivity contribution is 8.18. The van der Waals surface area contributed by atoms with E-state index in [1.165, 1.54) is 25.5 Å². The average Bonchev–Trinajstić information content (AvgIpc) is 3.08. The topological polar surface area (TPSA) is 89.3 Å². The Bertz CT molecular complexity index is 1070. The number of carbonyl (C=O) groups excluding carboxylic acids is 2. The lowest BCUT2D eigenvalue weighted by Crippen LogP contribution is -2.19. The van der Waals surface area contributed by atoms with E-state index in [9.17, 15) is 14.0 Å². The summed E-state index contributed by atoms with van der Waals surface area (Å²) in [7, 11) is 1.23. The van der Waals surface area contributed by atoms with E-state index in [0.29, 0.717) is 11.3 Å². The zero-order valence-corrected chi connectivity index (χ0v) is 17.2. The van der Waals surface area contributed by atoms with Gasteiger partial charge in [0.1, 0.15) is 18.2 Å². The van der Waals surface area contributed by atoms with Gasteiger partial charge in [0.2, 0.25) is 0 Å². The summed E-state index contributed by atoms with van der Waals surface area (Å²) in [4.78, 5) is 23.2. The predicted molar refractivity (Wildman–Crippen MR) is 113 cm³/mol. The molecule has 10 heteroatoms. The largest absolute Gasteiger partial charge is 0.489 e. The Morgan fingerprint density at radius 1 is 1.30 bits per heavy atom. The summed E-state index contributed by atoms with van der Waals surface area (Å²) >= 11 is 6.75. The van der Waals surface area contributed by atoms with Crippen molar-refractivity contribution in [3.05, 3.63) is 75.4 Å². The van der Waals surface area contributed by atoms with E-state index >= 15 is 0 Å². The quantitative estimate of drug-likeness (QED) is 0.316. The lowest BCUT2D eigenvalue weighted by molar-refractivity contribution is -0.135. The van der Waals surface area contributed by atoms with E-state index in [1.54, 1.807) is 30.3 Å². The number of hydrogen-bond donors (Lipinski definition) is 1. The van der Waals surface area contributed by atoms with E-state index in [4.69, 9.17) is 16.3 Å². The van der Waals surface area contributed by atoms with Crippen LogP contribution in [0, 0.1) is 5.82 Å². The molecule has 154 valence electrons. The van der Waals surface area contributed by atoms with Gasteiger partial charge in [0.15, 0.2) is 5.17 Å². The van der Waals surface area contributed by atoms with Crippen molar-refractivity contribution < 1.29 is 23.5 Å². The van der Waals surface area contributed by atoms with E-state index in [-0.39, 0.29) is 21.7 Å². The van der Waals surface area contributed by atoms with Crippen molar-refractivity contribution in [1.29, 1.82) is 0 Å². The molecule has 0 aromatic heterocycles. The summed E-state index contributed by atoms with van der Waals surface area (Å²) < 4.78 is 23.4. The number of methoxy groups -OCH3 is 1. The third kappa shape index (κ3) is 5.91. The third-order valence-electron chi connectivity index (χ3n) is 3.70. The minimum absolute atomic E-state index is 0.0394. The number of nitrogens with zero attached hydrogens (tertiary/aromatic N) is 2. The number of hydrogen-bond acceptors (Lipinski definition) is 7. The average molecular weight is 448 g/mol. The second kappa shape index (κ2) is 10.0. The second-order valence-electron chi connectivity index (χ2n) is 5.85. The van der Waals surface area contributed by atoms with Gasteiger partial charge in [0, 0.05) is 6.08 Å². The van der Waals surface area contributed by atoms with Crippen LogP contribution in [-0.2, 0) is 20.9 Å². The van der Waals surface area contributed by atoms with Crippen LogP contribution in [-0.4, -0.2) is 30.4 Å². The molecular formula is C20H15ClFN3O4S. The van der Waals surface area contributed by atoms with Crippen molar-refractivity contribution in [1.82, 2.24) is 5.32 Å². The van der Waals surface area contributed by atoms with Crippen LogP contribution in [0.3, 0.4) is 0 Å². The van der Waals surface area contributed by atoms with Crippen LogP contribution >= 0.6 is 23.4 Å². The number of ether oxygens (including phenoxy) is 2. The molecule has 0 spiro atoms. The molecule has 0 radical (unpaired) electrons. The maximum atomic E-state index is 13.2. The molecule has 30 heavy (non-hydrogen) atoms. The molecular weight excluding hydrogens is 433 g/mol. The first-order valence-electron chi connectivity index (χ1n) is 8.51. The van der Waals surface area contributed by atoms with Crippen molar-refractivity contribution >= 4 is 46.6 Å². The van der Waals surface area contributed by atoms with Gasteiger partial charge in [-0.1, -0.05) is 29.8 Å². The lowest BCUT2D eigenvalue weighted by atomic mass is 10.2. The zero-order valence-electron chi connectivity index (χ0n) is 15.6. The minimum Gasteiger partial charge on any atom is -0.489 e. The highest BCUT2D eigenvalue weighted by atomic mass is 35.5. The molecule has 1 N–H and O–H groups in total. The first-order valence-corrected chi connectivity index (χ1v) is 9.70. The first kappa shape index (κ1) is 21.5. The zero-order chi connectivity index (χ0) is 21.5. The van der Waals surface area contributed by atoms with Crippen molar-refractivity contribution in [2.45, 2.75) is 6.61 Å². The van der Waals surface area contributed by atoms with Crippen LogP contribution in [0.4, 0.5) is 4.39 Å². The van der Waals surface area contributed by atoms with Gasteiger partial charge in [0.05, 0.1) is 23.3 Å². The molecule has 0 saturated carbocycles. The fraction of sp³-hybridized carbons (Fsp3) is 0.100. The minimum atomic E-state index is -0.628. The van der Waals surface area contributed by atoms with Crippen LogP contribution < -0.4 is 10.1 Å². The normalized spacial score (nSPS) is 16.3. The number of esters is 1. The number of halogens is 2. The summed E-state index contributed by atoms with van der Waals surface area (Å²) in [5.74, 6) is -0.976. The molecule has 0 bridgehead atoms. The van der Waals surface area contributed by atoms with Gasteiger partial charge in [-0.15, -0.1) is 5.10 Å². The number of thioether (sulfide) groups is 1. The Hall–Kier alpha value is -3.17. The van der Waals surface area contributed by atoms with Gasteiger partial charge in [-0.3, -0.25) is 10.1 Å². The Kier molecular flexibility index (Phi) is 7.21. The number of amides is 1. The molecule has 2 aromatic rings. The summed E-state index contributed by atoms with van der Waals surface area (Å²) in [6.07, 6.45) is 2.57. The summed E-state index contributed by atoms with van der Waals surface area (Å²) in [5, 5.41) is 10.7. The van der Waals surface area contributed by atoms with E-state index < -0.39 is 17.7 Å². The SMILES string of the molecule is COC(=O)/C=C1/S/C(=N\N=Cc2cccc(OCc3ccc(F)c(Cl)c3)c2)NC1=O. The van der Waals surface area contributed by atoms with Crippen molar-refractivity contribution in [3.63, 3.8) is 0 Å². The van der Waals surface area contributed by atoms with Gasteiger partial charge in [-0.05, 0) is 47.2 Å². The molecule has 3 rings (SSSR count). The number of rotatable bonds is 6. The summed E-state index contributed by atoms with van der Waals surface area (Å²) in [5.41, 5.74) is 1.45. The lowest BCUT2D eigenvalue weighted by Gasteiger charge is -2.07. The number of benzene rings is 2. The van der Waals surface area contributed by atoms with Gasteiger partial charge in [-0.25, -0.2) is 9.18 Å². The Balaban J connectivity index is 1.61. The van der Waals surface area contributed by atoms with Crippen molar-refractivity contribution in [3.8, 4) is 5.75 Å². The summed E-state index contributed by atoms with van der Waals surface area (Å²) in [6.45, 7) is 0.223. The van der Waals surface area contributed by atoms with Gasteiger partial charge >= 0.3 is 5.97 Å². The Morgan fingerprint density at radius 3 is 2.90 bits per heavy atom. The van der Waals surface area contributed by atoms with Crippen molar-refractivity contribution in [2.24, 2.45) is 10.2 Å². The molecule has 0 atom stereocenters. The molecule has 1 saturated heterocycles. The molecule has 7 nitrogen and oxygen atoms in total. The Morgan fingerprint density at radius 2 is 2.13 bits per heavy atom. The summed E-state index contributed by atoms with van der Waals surface area (Å²) in [6, 6.07) is 11.5. The highest BCUT2D eigenvalue weighted by Gasteiger charge is 2.24. The van der Waals surface area contributed by atoms with E-state index in [0.717, 1.165) is 23.4 Å². The maximum absolute atomic E-state index is 13.2. The molecule has 1 fully saturated rings. The van der Waals surface area contributed by atoms with Crippen molar-refractivity contribution in [2.75, 3.05) is 7.11 Å². The predicted octanol–water partition coefficient (Wildman–Crippen LogP) is 3.67. The maximum Gasteiger partial charge on any atom is 0.331 e. The van der Waals surface area contributed by atoms with Crippen LogP contribution in [0.1, 0.15) is 11.1 Å². The molecule has 0 aliphatic carbocycles. The smallest absolute Gasteiger partial charge is 0.331 e. The molecule has 2 aromatic carbocycles. The molecule has 1 aliphatic heterocycles. The standard InChI is InChI=1S/C20H15ClFN3O4S/c1-28-18(26)9-17-19(27)24-20(30-17)25-23-10-12-3-2-4-14(7-12)29-11-13-5-6-16(22)15(21)8-13/h2-10H,11H2,1H3,(H,24,25,27)/b17-9+,23-10?. The molecule has 1 aliphatic rings. The van der Waals surface area contributed by atoms with Crippen LogP contribution in [0.15, 0.2) is 63.6 Å². The van der Waals surface area contributed by atoms with E-state index in [1.807, 2.05) is 0 Å². The van der Waals surface area contributed by atoms with Gasteiger partial charge < -0.3 is 9.47 Å². The number of amidine groups is 1. The molecule has 1 heterocycles. The Labute approximate surface area is 180 Å². The van der Waals surface area contributed by atoms with Gasteiger partial charge in [-0.2, -0.15) is 5.10 Å². The third-order valence-corrected chi connectivity index (χ3v) is 4.89.